The van der Waals surface area contributed by atoms with Crippen LogP contribution in [0.3, 0.4) is 0 Å². The van der Waals surface area contributed by atoms with Crippen LogP contribution < -0.4 is 20.7 Å². The quantitative estimate of drug-likeness (QED) is 0.467. The van der Waals surface area contributed by atoms with Gasteiger partial charge < -0.3 is 25.6 Å². The van der Waals surface area contributed by atoms with Gasteiger partial charge in [-0.1, -0.05) is 0 Å². The molecule has 36 heavy (non-hydrogen) atoms. The van der Waals surface area contributed by atoms with Crippen LogP contribution in [0.2, 0.25) is 0 Å². The summed E-state index contributed by atoms with van der Waals surface area (Å²) >= 11 is 3.51. The van der Waals surface area contributed by atoms with E-state index in [0.717, 1.165) is 28.0 Å². The number of aromatic nitrogens is 3. The number of rotatable bonds is 6. The van der Waals surface area contributed by atoms with Crippen LogP contribution in [0.25, 0.3) is 11.3 Å². The largest absolute Gasteiger partial charge is 0.492 e. The van der Waals surface area contributed by atoms with Crippen molar-refractivity contribution in [1.29, 1.82) is 0 Å². The molecule has 3 N–H and O–H groups in total. The van der Waals surface area contributed by atoms with E-state index >= 15 is 0 Å². The van der Waals surface area contributed by atoms with Gasteiger partial charge in [0.1, 0.15) is 18.2 Å². The number of hydrogen-bond donors (Lipinski definition) is 2. The molecule has 0 saturated carbocycles. The molecule has 0 bridgehead atoms. The lowest BCUT2D eigenvalue weighted by molar-refractivity contribution is -0.137. The van der Waals surface area contributed by atoms with Crippen molar-refractivity contribution in [3.8, 4) is 17.0 Å². The summed E-state index contributed by atoms with van der Waals surface area (Å²) in [4.78, 5) is 20.4. The van der Waals surface area contributed by atoms with Crippen LogP contribution in [0, 0.1) is 0 Å². The average molecular weight is 568 g/mol. The third-order valence-electron chi connectivity index (χ3n) is 5.72. The van der Waals surface area contributed by atoms with Crippen LogP contribution in [-0.2, 0) is 13.2 Å². The van der Waals surface area contributed by atoms with E-state index in [0.29, 0.717) is 56.6 Å². The molecule has 3 heterocycles. The number of hydrogen-bond acceptors (Lipinski definition) is 6. The van der Waals surface area contributed by atoms with Crippen molar-refractivity contribution in [2.45, 2.75) is 6.18 Å². The Morgan fingerprint density at radius 1 is 1.17 bits per heavy atom. The molecule has 2 aromatic heterocycles. The molecule has 13 heteroatoms. The zero-order chi connectivity index (χ0) is 25.9. The summed E-state index contributed by atoms with van der Waals surface area (Å²) in [5, 5.41) is 7.17. The van der Waals surface area contributed by atoms with E-state index in [1.54, 1.807) is 27.9 Å². The predicted octanol–water partition coefficient (Wildman–Crippen LogP) is 3.96. The number of anilines is 2. The van der Waals surface area contributed by atoms with E-state index in [1.165, 1.54) is 6.07 Å². The first-order chi connectivity index (χ1) is 17.2. The van der Waals surface area contributed by atoms with Crippen molar-refractivity contribution < 1.29 is 22.7 Å². The number of benzene rings is 1. The molecular formula is C23H25BrF3N7O2. The fourth-order valence-electron chi connectivity index (χ4n) is 3.88. The summed E-state index contributed by atoms with van der Waals surface area (Å²) in [5.74, 6) is 1.06. The standard InChI is InChI=1S/C23H25BrF3N7O2/c1-32-21(18(24)14-30-32)17-12-16(3-4-19(17)36-11-6-28)31-22(35)34-9-7-33(8-10-34)20-5-2-15(13-29-20)23(25,26)27/h2-5,12-14H,6-11,28H2,1H3,(H,31,35). The molecule has 2 amide bonds. The number of nitrogens with one attached hydrogen (secondary N) is 1. The summed E-state index contributed by atoms with van der Waals surface area (Å²) in [5.41, 5.74) is 6.91. The molecule has 0 aliphatic carbocycles. The van der Waals surface area contributed by atoms with Crippen molar-refractivity contribution >= 4 is 33.5 Å². The van der Waals surface area contributed by atoms with Gasteiger partial charge in [-0.2, -0.15) is 18.3 Å². The normalized spacial score (nSPS) is 14.2. The van der Waals surface area contributed by atoms with E-state index in [1.807, 2.05) is 18.0 Å². The number of ether oxygens (including phenoxy) is 1. The van der Waals surface area contributed by atoms with E-state index in [9.17, 15) is 18.0 Å². The van der Waals surface area contributed by atoms with Gasteiger partial charge in [-0.15, -0.1) is 0 Å². The predicted molar refractivity (Wildman–Crippen MR) is 133 cm³/mol. The van der Waals surface area contributed by atoms with Crippen molar-refractivity contribution in [3.63, 3.8) is 0 Å². The Hall–Kier alpha value is -3.32. The number of aryl methyl sites for hydroxylation is 1. The van der Waals surface area contributed by atoms with Crippen LogP contribution >= 0.6 is 15.9 Å². The van der Waals surface area contributed by atoms with Gasteiger partial charge >= 0.3 is 12.2 Å². The van der Waals surface area contributed by atoms with Gasteiger partial charge in [-0.05, 0) is 46.3 Å². The number of piperazine rings is 1. The summed E-state index contributed by atoms with van der Waals surface area (Å²) in [6.07, 6.45) is -1.92. The van der Waals surface area contributed by atoms with Gasteiger partial charge in [-0.25, -0.2) is 9.78 Å². The van der Waals surface area contributed by atoms with Gasteiger partial charge in [0.2, 0.25) is 0 Å². The molecule has 1 aliphatic heterocycles. The Bertz CT molecular complexity index is 1190. The molecule has 1 aliphatic rings. The minimum atomic E-state index is -4.43. The molecule has 4 rings (SSSR count). The SMILES string of the molecule is Cn1ncc(Br)c1-c1cc(NC(=O)N2CCN(c3ccc(C(F)(F)F)cn3)CC2)ccc1OCCN. The summed E-state index contributed by atoms with van der Waals surface area (Å²) in [6.45, 7) is 2.39. The van der Waals surface area contributed by atoms with Gasteiger partial charge in [-0.3, -0.25) is 4.68 Å². The number of nitrogens with zero attached hydrogens (tertiary/aromatic N) is 5. The molecule has 3 aromatic rings. The lowest BCUT2D eigenvalue weighted by Crippen LogP contribution is -2.50. The monoisotopic (exact) mass is 567 g/mol. The molecule has 0 radical (unpaired) electrons. The highest BCUT2D eigenvalue weighted by molar-refractivity contribution is 9.10. The molecule has 192 valence electrons. The van der Waals surface area contributed by atoms with Gasteiger partial charge in [0.05, 0.1) is 21.9 Å². The summed E-state index contributed by atoms with van der Waals surface area (Å²) < 4.78 is 46.6. The molecular weight excluding hydrogens is 543 g/mol. The second-order valence-electron chi connectivity index (χ2n) is 8.12. The Kier molecular flexibility index (Phi) is 7.69. The zero-order valence-corrected chi connectivity index (χ0v) is 21.0. The van der Waals surface area contributed by atoms with Gasteiger partial charge in [0.25, 0.3) is 0 Å². The zero-order valence-electron chi connectivity index (χ0n) is 19.4. The second-order valence-corrected chi connectivity index (χ2v) is 8.97. The topological polar surface area (TPSA) is 102 Å². The Balaban J connectivity index is 1.42. The maximum Gasteiger partial charge on any atom is 0.417 e. The number of carbonyl (C=O) groups is 1. The van der Waals surface area contributed by atoms with Crippen molar-refractivity contribution in [3.05, 3.63) is 52.8 Å². The fourth-order valence-corrected chi connectivity index (χ4v) is 4.44. The highest BCUT2D eigenvalue weighted by Crippen LogP contribution is 2.37. The first-order valence-corrected chi connectivity index (χ1v) is 12.0. The number of alkyl halides is 3. The number of nitrogens with two attached hydrogens (primary N) is 1. The van der Waals surface area contributed by atoms with Crippen LogP contribution in [0.1, 0.15) is 5.56 Å². The minimum Gasteiger partial charge on any atom is -0.492 e. The summed E-state index contributed by atoms with van der Waals surface area (Å²) in [7, 11) is 1.81. The number of amides is 2. The molecule has 1 fully saturated rings. The molecule has 1 saturated heterocycles. The van der Waals surface area contributed by atoms with Gasteiger partial charge in [0.15, 0.2) is 0 Å². The smallest absolute Gasteiger partial charge is 0.417 e. The number of urea groups is 1. The van der Waals surface area contributed by atoms with Crippen LogP contribution in [0.4, 0.5) is 29.5 Å². The van der Waals surface area contributed by atoms with E-state index in [-0.39, 0.29) is 6.03 Å². The highest BCUT2D eigenvalue weighted by atomic mass is 79.9. The third-order valence-corrected chi connectivity index (χ3v) is 6.30. The number of carbonyl (C=O) groups excluding carboxylic acids is 1. The fraction of sp³-hybridized carbons (Fsp3) is 0.348. The lowest BCUT2D eigenvalue weighted by atomic mass is 10.1. The van der Waals surface area contributed by atoms with Crippen LogP contribution in [0.15, 0.2) is 47.2 Å². The first-order valence-electron chi connectivity index (χ1n) is 11.2. The minimum absolute atomic E-state index is 0.277. The molecule has 0 atom stereocenters. The Morgan fingerprint density at radius 3 is 2.50 bits per heavy atom. The average Bonchev–Trinajstić information content (AvgIpc) is 3.20. The van der Waals surface area contributed by atoms with Crippen LogP contribution in [0.5, 0.6) is 5.75 Å². The lowest BCUT2D eigenvalue weighted by Gasteiger charge is -2.35. The molecule has 0 spiro atoms. The van der Waals surface area contributed by atoms with E-state index in [2.05, 4.69) is 31.3 Å². The van der Waals surface area contributed by atoms with Crippen molar-refractivity contribution in [1.82, 2.24) is 19.7 Å². The summed E-state index contributed by atoms with van der Waals surface area (Å²) in [6, 6.07) is 7.42. The van der Waals surface area contributed by atoms with Crippen molar-refractivity contribution in [2.75, 3.05) is 49.5 Å². The van der Waals surface area contributed by atoms with E-state index in [4.69, 9.17) is 10.5 Å². The Morgan fingerprint density at radius 2 is 1.92 bits per heavy atom. The maximum atomic E-state index is 12.9. The first kappa shape index (κ1) is 25.8. The number of halogens is 4. The highest BCUT2D eigenvalue weighted by Gasteiger charge is 2.31. The van der Waals surface area contributed by atoms with Gasteiger partial charge in [0, 0.05) is 57.2 Å². The third kappa shape index (κ3) is 5.73. The molecule has 0 unspecified atom stereocenters. The maximum absolute atomic E-state index is 12.9. The van der Waals surface area contributed by atoms with Crippen molar-refractivity contribution in [2.24, 2.45) is 12.8 Å². The molecule has 9 nitrogen and oxygen atoms in total. The van der Waals surface area contributed by atoms with Crippen LogP contribution in [-0.4, -0.2) is 65.0 Å². The number of pyridine rings is 1. The molecule has 1 aromatic carbocycles. The van der Waals surface area contributed by atoms with E-state index < -0.39 is 11.7 Å². The Labute approximate surface area is 214 Å². The second kappa shape index (κ2) is 10.7.